The van der Waals surface area contributed by atoms with E-state index in [1.54, 1.807) is 14.2 Å². The van der Waals surface area contributed by atoms with Crippen LogP contribution in [-0.4, -0.2) is 31.8 Å². The molecule has 0 bridgehead atoms. The summed E-state index contributed by atoms with van der Waals surface area (Å²) in [5.41, 5.74) is 3.32. The molecule has 2 rings (SSSR count). The van der Waals surface area contributed by atoms with Crippen molar-refractivity contribution in [2.45, 2.75) is 46.1 Å². The summed E-state index contributed by atoms with van der Waals surface area (Å²) in [6, 6.07) is 8.10. The minimum absolute atomic E-state index is 0.290. The molecule has 2 aromatic rings. The Morgan fingerprint density at radius 2 is 2.00 bits per heavy atom. The molecule has 0 amide bonds. The molecule has 1 unspecified atom stereocenters. The van der Waals surface area contributed by atoms with Gasteiger partial charge in [-0.1, -0.05) is 44.1 Å². The second kappa shape index (κ2) is 9.85. The maximum atomic E-state index is 5.46. The molecule has 6 heteroatoms. The molecule has 142 valence electrons. The van der Waals surface area contributed by atoms with Crippen molar-refractivity contribution < 1.29 is 9.26 Å². The summed E-state index contributed by atoms with van der Waals surface area (Å²) in [5, 5.41) is 10.9. The molecule has 0 aliphatic heterocycles. The van der Waals surface area contributed by atoms with Gasteiger partial charge in [0.2, 0.25) is 0 Å². The normalized spacial score (nSPS) is 12.7. The monoisotopic (exact) mass is 358 g/mol. The third-order valence-electron chi connectivity index (χ3n) is 4.51. The standard InChI is InChI=1S/C20H30N4O2/c1-6-17-16(18(7-2)26-24-17)13-23-20(21-4)22-12-14(3)15-10-8-9-11-19(15)25-5/h8-11,14H,6-7,12-13H2,1-5H3,(H2,21,22,23). The van der Waals surface area contributed by atoms with Crippen LogP contribution in [0, 0.1) is 0 Å². The number of hydrogen-bond donors (Lipinski definition) is 2. The van der Waals surface area contributed by atoms with Gasteiger partial charge in [-0.15, -0.1) is 0 Å². The van der Waals surface area contributed by atoms with E-state index in [1.165, 1.54) is 5.56 Å². The van der Waals surface area contributed by atoms with Gasteiger partial charge in [0.25, 0.3) is 0 Å². The van der Waals surface area contributed by atoms with Gasteiger partial charge in [-0.25, -0.2) is 0 Å². The number of benzene rings is 1. The quantitative estimate of drug-likeness (QED) is 0.560. The molecule has 0 saturated heterocycles. The van der Waals surface area contributed by atoms with Crippen molar-refractivity contribution in [3.05, 3.63) is 46.8 Å². The van der Waals surface area contributed by atoms with Gasteiger partial charge in [-0.05, 0) is 18.1 Å². The first-order valence-electron chi connectivity index (χ1n) is 9.18. The predicted molar refractivity (Wildman–Crippen MR) is 105 cm³/mol. The topological polar surface area (TPSA) is 71.7 Å². The Bertz CT molecular complexity index is 703. The van der Waals surface area contributed by atoms with E-state index < -0.39 is 0 Å². The third kappa shape index (κ3) is 4.77. The molecule has 2 N–H and O–H groups in total. The zero-order valence-corrected chi connectivity index (χ0v) is 16.4. The van der Waals surface area contributed by atoms with E-state index in [9.17, 15) is 0 Å². The molecule has 0 aliphatic rings. The minimum atomic E-state index is 0.290. The fraction of sp³-hybridized carbons (Fsp3) is 0.500. The first kappa shape index (κ1) is 19.8. The summed E-state index contributed by atoms with van der Waals surface area (Å²) in [6.45, 7) is 7.74. The highest BCUT2D eigenvalue weighted by atomic mass is 16.5. The highest BCUT2D eigenvalue weighted by molar-refractivity contribution is 5.79. The first-order chi connectivity index (χ1) is 12.6. The van der Waals surface area contributed by atoms with Crippen LogP contribution in [0.3, 0.4) is 0 Å². The van der Waals surface area contributed by atoms with Crippen molar-refractivity contribution in [2.24, 2.45) is 4.99 Å². The van der Waals surface area contributed by atoms with Crippen LogP contribution in [0.4, 0.5) is 0 Å². The molecule has 1 aromatic heterocycles. The number of para-hydroxylation sites is 1. The van der Waals surface area contributed by atoms with Crippen molar-refractivity contribution >= 4 is 5.96 Å². The van der Waals surface area contributed by atoms with E-state index >= 15 is 0 Å². The summed E-state index contributed by atoms with van der Waals surface area (Å²) >= 11 is 0. The number of nitrogens with one attached hydrogen (secondary N) is 2. The van der Waals surface area contributed by atoms with Crippen molar-refractivity contribution in [1.29, 1.82) is 0 Å². The van der Waals surface area contributed by atoms with Crippen molar-refractivity contribution in [1.82, 2.24) is 15.8 Å². The van der Waals surface area contributed by atoms with Crippen LogP contribution < -0.4 is 15.4 Å². The number of aromatic nitrogens is 1. The maximum absolute atomic E-state index is 5.46. The SMILES string of the molecule is CCc1noc(CC)c1CNC(=NC)NCC(C)c1ccccc1OC. The second-order valence-corrected chi connectivity index (χ2v) is 6.19. The van der Waals surface area contributed by atoms with Gasteiger partial charge >= 0.3 is 0 Å². The van der Waals surface area contributed by atoms with Gasteiger partial charge in [-0.3, -0.25) is 4.99 Å². The van der Waals surface area contributed by atoms with Crippen LogP contribution >= 0.6 is 0 Å². The van der Waals surface area contributed by atoms with Gasteiger partial charge in [0, 0.05) is 38.0 Å². The smallest absolute Gasteiger partial charge is 0.191 e. The van der Waals surface area contributed by atoms with E-state index in [4.69, 9.17) is 9.26 Å². The lowest BCUT2D eigenvalue weighted by atomic mass is 10.0. The number of guanidine groups is 1. The Balaban J connectivity index is 1.95. The number of methoxy groups -OCH3 is 1. The highest BCUT2D eigenvalue weighted by Crippen LogP contribution is 2.25. The number of rotatable bonds is 8. The molecule has 0 radical (unpaired) electrons. The van der Waals surface area contributed by atoms with Crippen LogP contribution in [0.1, 0.15) is 49.3 Å². The zero-order chi connectivity index (χ0) is 18.9. The van der Waals surface area contributed by atoms with Gasteiger partial charge < -0.3 is 19.9 Å². The maximum Gasteiger partial charge on any atom is 0.191 e. The molecule has 0 aliphatic carbocycles. The fourth-order valence-corrected chi connectivity index (χ4v) is 2.96. The van der Waals surface area contributed by atoms with E-state index in [2.05, 4.69) is 47.6 Å². The van der Waals surface area contributed by atoms with E-state index in [0.29, 0.717) is 6.54 Å². The Labute approximate surface area is 156 Å². The van der Waals surface area contributed by atoms with Crippen LogP contribution in [0.2, 0.25) is 0 Å². The van der Waals surface area contributed by atoms with E-state index in [0.717, 1.165) is 48.1 Å². The highest BCUT2D eigenvalue weighted by Gasteiger charge is 2.15. The molecule has 6 nitrogen and oxygen atoms in total. The lowest BCUT2D eigenvalue weighted by Crippen LogP contribution is -2.38. The number of aliphatic imine (C=N–C) groups is 1. The van der Waals surface area contributed by atoms with Crippen LogP contribution in [0.25, 0.3) is 0 Å². The van der Waals surface area contributed by atoms with E-state index in [1.807, 2.05) is 18.2 Å². The molecular formula is C20H30N4O2. The Morgan fingerprint density at radius 1 is 1.23 bits per heavy atom. The molecular weight excluding hydrogens is 328 g/mol. The molecule has 1 aromatic carbocycles. The predicted octanol–water partition coefficient (Wildman–Crippen LogP) is 3.28. The second-order valence-electron chi connectivity index (χ2n) is 6.19. The fourth-order valence-electron chi connectivity index (χ4n) is 2.96. The van der Waals surface area contributed by atoms with Gasteiger partial charge in [0.15, 0.2) is 5.96 Å². The van der Waals surface area contributed by atoms with Gasteiger partial charge in [0.05, 0.1) is 12.8 Å². The van der Waals surface area contributed by atoms with E-state index in [-0.39, 0.29) is 5.92 Å². The number of ether oxygens (including phenoxy) is 1. The first-order valence-corrected chi connectivity index (χ1v) is 9.18. The Hall–Kier alpha value is -2.50. The molecule has 0 fully saturated rings. The van der Waals surface area contributed by atoms with Crippen molar-refractivity contribution in [3.63, 3.8) is 0 Å². The number of nitrogens with zero attached hydrogens (tertiary/aromatic N) is 2. The Morgan fingerprint density at radius 3 is 2.65 bits per heavy atom. The van der Waals surface area contributed by atoms with Crippen LogP contribution in [0.15, 0.2) is 33.8 Å². The number of hydrogen-bond acceptors (Lipinski definition) is 4. The lowest BCUT2D eigenvalue weighted by Gasteiger charge is -2.18. The Kier molecular flexibility index (Phi) is 7.51. The summed E-state index contributed by atoms with van der Waals surface area (Å²) in [7, 11) is 3.48. The minimum Gasteiger partial charge on any atom is -0.496 e. The third-order valence-corrected chi connectivity index (χ3v) is 4.51. The largest absolute Gasteiger partial charge is 0.496 e. The summed E-state index contributed by atoms with van der Waals surface area (Å²) < 4.78 is 10.9. The van der Waals surface area contributed by atoms with Crippen molar-refractivity contribution in [3.8, 4) is 5.75 Å². The van der Waals surface area contributed by atoms with Crippen LogP contribution in [0.5, 0.6) is 5.75 Å². The average molecular weight is 358 g/mol. The van der Waals surface area contributed by atoms with Crippen molar-refractivity contribution in [2.75, 3.05) is 20.7 Å². The van der Waals surface area contributed by atoms with Crippen LogP contribution in [-0.2, 0) is 19.4 Å². The molecule has 1 heterocycles. The van der Waals surface area contributed by atoms with Gasteiger partial charge in [-0.2, -0.15) is 0 Å². The molecule has 0 spiro atoms. The van der Waals surface area contributed by atoms with Gasteiger partial charge in [0.1, 0.15) is 11.5 Å². The summed E-state index contributed by atoms with van der Waals surface area (Å²) in [6.07, 6.45) is 1.69. The summed E-state index contributed by atoms with van der Waals surface area (Å²) in [4.78, 5) is 4.32. The summed E-state index contributed by atoms with van der Waals surface area (Å²) in [5.74, 6) is 2.90. The number of aryl methyl sites for hydroxylation is 2. The molecule has 1 atom stereocenters. The average Bonchev–Trinajstić information content (AvgIpc) is 3.09. The molecule has 26 heavy (non-hydrogen) atoms. The zero-order valence-electron chi connectivity index (χ0n) is 16.4. The lowest BCUT2D eigenvalue weighted by molar-refractivity contribution is 0.380. The molecule has 0 saturated carbocycles.